The summed E-state index contributed by atoms with van der Waals surface area (Å²) in [5.41, 5.74) is 3.35. The first-order chi connectivity index (χ1) is 8.65. The molecule has 4 nitrogen and oxygen atoms in total. The molecule has 3 rings (SSSR count). The molecule has 0 aliphatic heterocycles. The first kappa shape index (κ1) is 10.8. The average Bonchev–Trinajstić information content (AvgIpc) is 2.66. The summed E-state index contributed by atoms with van der Waals surface area (Å²) in [5, 5.41) is 1.11. The van der Waals surface area contributed by atoms with Crippen LogP contribution in [-0.2, 0) is 7.05 Å². The van der Waals surface area contributed by atoms with Crippen molar-refractivity contribution < 1.29 is 0 Å². The van der Waals surface area contributed by atoms with E-state index in [2.05, 4.69) is 16.0 Å². The van der Waals surface area contributed by atoms with E-state index in [9.17, 15) is 4.79 Å². The number of benzene rings is 1. The zero-order valence-corrected chi connectivity index (χ0v) is 10.3. The zero-order valence-electron chi connectivity index (χ0n) is 10.3. The van der Waals surface area contributed by atoms with Crippen LogP contribution in [0.1, 0.15) is 5.69 Å². The molecule has 0 saturated heterocycles. The molecule has 1 N–H and O–H groups in total. The third kappa shape index (κ3) is 1.62. The van der Waals surface area contributed by atoms with Crippen LogP contribution in [0.15, 0.2) is 41.3 Å². The molecule has 0 saturated carbocycles. The molecule has 0 aliphatic carbocycles. The second-order valence-corrected chi connectivity index (χ2v) is 4.43. The zero-order chi connectivity index (χ0) is 12.7. The molecular formula is C14H13N3O. The maximum atomic E-state index is 11.5. The van der Waals surface area contributed by atoms with Gasteiger partial charge < -0.3 is 9.55 Å². The number of hydrogen-bond acceptors (Lipinski definition) is 2. The number of fused-ring (bicyclic) bond motifs is 1. The molecule has 2 heterocycles. The molecule has 2 aromatic heterocycles. The normalized spacial score (nSPS) is 11.0. The summed E-state index contributed by atoms with van der Waals surface area (Å²) in [6.45, 7) is 1.86. The molecule has 3 aromatic rings. The number of para-hydroxylation sites is 1. The fraction of sp³-hybridized carbons (Fsp3) is 0.143. The van der Waals surface area contributed by atoms with E-state index in [1.165, 1.54) is 0 Å². The molecule has 0 unspecified atom stereocenters. The lowest BCUT2D eigenvalue weighted by atomic mass is 10.1. The monoisotopic (exact) mass is 239 g/mol. The van der Waals surface area contributed by atoms with Gasteiger partial charge in [-0.2, -0.15) is 4.98 Å². The van der Waals surface area contributed by atoms with Crippen molar-refractivity contribution in [3.05, 3.63) is 52.7 Å². The average molecular weight is 239 g/mol. The Morgan fingerprint density at radius 1 is 1.28 bits per heavy atom. The van der Waals surface area contributed by atoms with Gasteiger partial charge in [0.1, 0.15) is 0 Å². The maximum Gasteiger partial charge on any atom is 0.345 e. The van der Waals surface area contributed by atoms with Crippen LogP contribution >= 0.6 is 0 Å². The van der Waals surface area contributed by atoms with Crippen LogP contribution in [0.5, 0.6) is 0 Å². The molecule has 0 radical (unpaired) electrons. The van der Waals surface area contributed by atoms with Crippen molar-refractivity contribution in [3.63, 3.8) is 0 Å². The van der Waals surface area contributed by atoms with Crippen molar-refractivity contribution in [1.29, 1.82) is 0 Å². The van der Waals surface area contributed by atoms with E-state index in [-0.39, 0.29) is 5.69 Å². The van der Waals surface area contributed by atoms with Crippen LogP contribution in [0, 0.1) is 6.92 Å². The van der Waals surface area contributed by atoms with Gasteiger partial charge in [-0.1, -0.05) is 18.2 Å². The van der Waals surface area contributed by atoms with Gasteiger partial charge in [-0.15, -0.1) is 0 Å². The van der Waals surface area contributed by atoms with Crippen LogP contribution in [0.25, 0.3) is 22.2 Å². The van der Waals surface area contributed by atoms with Gasteiger partial charge in [0, 0.05) is 35.4 Å². The number of nitrogens with one attached hydrogen (secondary N) is 1. The lowest BCUT2D eigenvalue weighted by Crippen LogP contribution is -2.11. The standard InChI is InChI=1S/C14H13N3O/c1-9-7-12(16-14(18)15-9)11-8-17(2)13-6-4-3-5-10(11)13/h3-8H,1-2H3,(H,15,16,18). The van der Waals surface area contributed by atoms with Crippen LogP contribution < -0.4 is 5.69 Å². The van der Waals surface area contributed by atoms with E-state index in [0.29, 0.717) is 5.69 Å². The predicted molar refractivity (Wildman–Crippen MR) is 71.5 cm³/mol. The molecule has 18 heavy (non-hydrogen) atoms. The second kappa shape index (κ2) is 3.84. The molecule has 0 amide bonds. The molecule has 90 valence electrons. The molecule has 0 aliphatic rings. The quantitative estimate of drug-likeness (QED) is 0.708. The summed E-state index contributed by atoms with van der Waals surface area (Å²) < 4.78 is 2.04. The van der Waals surface area contributed by atoms with Gasteiger partial charge in [0.2, 0.25) is 0 Å². The van der Waals surface area contributed by atoms with Crippen molar-refractivity contribution in [3.8, 4) is 11.3 Å². The Kier molecular flexibility index (Phi) is 2.30. The van der Waals surface area contributed by atoms with Gasteiger partial charge in [0.05, 0.1) is 5.69 Å². The first-order valence-electron chi connectivity index (χ1n) is 5.77. The second-order valence-electron chi connectivity index (χ2n) is 4.43. The smallest absolute Gasteiger partial charge is 0.345 e. The van der Waals surface area contributed by atoms with E-state index in [4.69, 9.17) is 0 Å². The van der Waals surface area contributed by atoms with Gasteiger partial charge in [0.15, 0.2) is 0 Å². The molecule has 0 bridgehead atoms. The van der Waals surface area contributed by atoms with E-state index >= 15 is 0 Å². The third-order valence-electron chi connectivity index (χ3n) is 3.05. The summed E-state index contributed by atoms with van der Waals surface area (Å²) in [4.78, 5) is 18.2. The Balaban J connectivity index is 2.35. The molecule has 0 spiro atoms. The Morgan fingerprint density at radius 2 is 2.06 bits per heavy atom. The summed E-state index contributed by atoms with van der Waals surface area (Å²) in [7, 11) is 1.99. The van der Waals surface area contributed by atoms with Gasteiger partial charge in [-0.05, 0) is 19.1 Å². The van der Waals surface area contributed by atoms with Crippen molar-refractivity contribution in [2.45, 2.75) is 6.92 Å². The highest BCUT2D eigenvalue weighted by molar-refractivity contribution is 5.95. The number of H-pyrrole nitrogens is 1. The van der Waals surface area contributed by atoms with Crippen LogP contribution in [0.4, 0.5) is 0 Å². The Morgan fingerprint density at radius 3 is 2.83 bits per heavy atom. The molecule has 4 heteroatoms. The Bertz CT molecular complexity index is 783. The van der Waals surface area contributed by atoms with Gasteiger partial charge >= 0.3 is 5.69 Å². The molecular weight excluding hydrogens is 226 g/mol. The van der Waals surface area contributed by atoms with Gasteiger partial charge in [0.25, 0.3) is 0 Å². The van der Waals surface area contributed by atoms with E-state index < -0.39 is 0 Å². The minimum Gasteiger partial charge on any atom is -0.350 e. The minimum absolute atomic E-state index is 0.307. The number of nitrogens with zero attached hydrogens (tertiary/aromatic N) is 2. The van der Waals surface area contributed by atoms with E-state index in [0.717, 1.165) is 22.2 Å². The highest BCUT2D eigenvalue weighted by Crippen LogP contribution is 2.28. The first-order valence-corrected chi connectivity index (χ1v) is 5.77. The number of aromatic amines is 1. The van der Waals surface area contributed by atoms with Crippen molar-refractivity contribution in [1.82, 2.24) is 14.5 Å². The summed E-state index contributed by atoms with van der Waals surface area (Å²) in [6, 6.07) is 9.99. The number of aromatic nitrogens is 3. The number of rotatable bonds is 1. The molecule has 1 aromatic carbocycles. The maximum absolute atomic E-state index is 11.5. The van der Waals surface area contributed by atoms with Crippen molar-refractivity contribution in [2.24, 2.45) is 7.05 Å². The highest BCUT2D eigenvalue weighted by Gasteiger charge is 2.09. The summed E-state index contributed by atoms with van der Waals surface area (Å²) >= 11 is 0. The largest absolute Gasteiger partial charge is 0.350 e. The van der Waals surface area contributed by atoms with Crippen LogP contribution in [0.3, 0.4) is 0 Å². The summed E-state index contributed by atoms with van der Waals surface area (Å²) in [6.07, 6.45) is 2.01. The van der Waals surface area contributed by atoms with E-state index in [1.54, 1.807) is 0 Å². The van der Waals surface area contributed by atoms with Crippen molar-refractivity contribution in [2.75, 3.05) is 0 Å². The molecule has 0 atom stereocenters. The Labute approximate surface area is 104 Å². The molecule has 0 fully saturated rings. The van der Waals surface area contributed by atoms with E-state index in [1.807, 2.05) is 49.0 Å². The number of hydrogen-bond donors (Lipinski definition) is 1. The van der Waals surface area contributed by atoms with Crippen LogP contribution in [0.2, 0.25) is 0 Å². The highest BCUT2D eigenvalue weighted by atomic mass is 16.1. The minimum atomic E-state index is -0.307. The Hall–Kier alpha value is -2.36. The predicted octanol–water partition coefficient (Wildman–Crippen LogP) is 2.24. The lowest BCUT2D eigenvalue weighted by Gasteiger charge is -1.99. The lowest BCUT2D eigenvalue weighted by molar-refractivity contribution is 0.967. The van der Waals surface area contributed by atoms with Crippen molar-refractivity contribution >= 4 is 10.9 Å². The van der Waals surface area contributed by atoms with Gasteiger partial charge in [-0.25, -0.2) is 4.79 Å². The van der Waals surface area contributed by atoms with Crippen LogP contribution in [-0.4, -0.2) is 14.5 Å². The number of aryl methyl sites for hydroxylation is 2. The fourth-order valence-corrected chi connectivity index (χ4v) is 2.26. The third-order valence-corrected chi connectivity index (χ3v) is 3.05. The SMILES string of the molecule is Cc1cc(-c2cn(C)c3ccccc23)nc(=O)[nH]1. The fourth-order valence-electron chi connectivity index (χ4n) is 2.26. The summed E-state index contributed by atoms with van der Waals surface area (Å²) in [5.74, 6) is 0. The topological polar surface area (TPSA) is 50.7 Å². The van der Waals surface area contributed by atoms with Gasteiger partial charge in [-0.3, -0.25) is 0 Å².